The van der Waals surface area contributed by atoms with Crippen LogP contribution in [0.1, 0.15) is 76.0 Å². The van der Waals surface area contributed by atoms with E-state index >= 15 is 0 Å². The first-order valence-corrected chi connectivity index (χ1v) is 18.0. The molecule has 294 valence electrons. The predicted octanol–water partition coefficient (Wildman–Crippen LogP) is 4.62. The molecule has 3 atom stereocenters. The summed E-state index contributed by atoms with van der Waals surface area (Å²) >= 11 is 0. The standard InChI is InChI=1S/C41H49N3O11/c1-41(2,3)55-40(51)44-33(20-22-35(46)42-32(25-45)19-23-36(47)52-26-29-13-7-4-8-14-29)38(49)43-34(39(50)54-28-31-17-11-6-12-18-31)21-24-37(48)53-27-30-15-9-5-10-16-30/h4-18,25,32-34H,19-24,26-28H2,1-3H3,(H,42,46)(H,43,49)(H,44,51). The summed E-state index contributed by atoms with van der Waals surface area (Å²) in [5.74, 6) is -3.50. The topological polar surface area (TPSA) is 192 Å². The maximum Gasteiger partial charge on any atom is 0.408 e. The number of nitrogens with one attached hydrogen (secondary N) is 3. The van der Waals surface area contributed by atoms with Crippen LogP contribution < -0.4 is 16.0 Å². The minimum Gasteiger partial charge on any atom is -0.461 e. The molecule has 3 aromatic rings. The summed E-state index contributed by atoms with van der Waals surface area (Å²) in [7, 11) is 0. The lowest BCUT2D eigenvalue weighted by molar-refractivity contribution is -0.151. The Labute approximate surface area is 320 Å². The Morgan fingerprint density at radius 2 is 1.04 bits per heavy atom. The first-order chi connectivity index (χ1) is 26.3. The van der Waals surface area contributed by atoms with Gasteiger partial charge >= 0.3 is 24.0 Å². The number of rotatable bonds is 21. The Bertz CT molecular complexity index is 1700. The summed E-state index contributed by atoms with van der Waals surface area (Å²) in [4.78, 5) is 89.2. The van der Waals surface area contributed by atoms with Gasteiger partial charge in [0.05, 0.1) is 6.04 Å². The molecule has 0 aliphatic carbocycles. The van der Waals surface area contributed by atoms with Crippen LogP contribution in [0, 0.1) is 0 Å². The zero-order chi connectivity index (χ0) is 40.1. The highest BCUT2D eigenvalue weighted by molar-refractivity contribution is 5.90. The van der Waals surface area contributed by atoms with Gasteiger partial charge in [0.25, 0.3) is 0 Å². The number of benzene rings is 3. The number of esters is 3. The smallest absolute Gasteiger partial charge is 0.408 e. The van der Waals surface area contributed by atoms with E-state index in [-0.39, 0.29) is 58.3 Å². The molecule has 0 aromatic heterocycles. The maximum absolute atomic E-state index is 13.7. The molecule has 55 heavy (non-hydrogen) atoms. The van der Waals surface area contributed by atoms with E-state index in [2.05, 4.69) is 16.0 Å². The summed E-state index contributed by atoms with van der Waals surface area (Å²) in [5.41, 5.74) is 1.33. The summed E-state index contributed by atoms with van der Waals surface area (Å²) in [5, 5.41) is 7.51. The zero-order valence-corrected chi connectivity index (χ0v) is 31.3. The lowest BCUT2D eigenvalue weighted by atomic mass is 10.1. The summed E-state index contributed by atoms with van der Waals surface area (Å²) in [6, 6.07) is 23.2. The minimum absolute atomic E-state index is 0.0163. The fourth-order valence-corrected chi connectivity index (χ4v) is 4.95. The molecule has 0 fully saturated rings. The molecular weight excluding hydrogens is 710 g/mol. The van der Waals surface area contributed by atoms with Crippen LogP contribution >= 0.6 is 0 Å². The average molecular weight is 760 g/mol. The van der Waals surface area contributed by atoms with Crippen molar-refractivity contribution in [2.75, 3.05) is 0 Å². The third-order valence-corrected chi connectivity index (χ3v) is 7.79. The lowest BCUT2D eigenvalue weighted by Gasteiger charge is -2.25. The molecule has 0 spiro atoms. The highest BCUT2D eigenvalue weighted by Crippen LogP contribution is 2.12. The first-order valence-electron chi connectivity index (χ1n) is 18.0. The van der Waals surface area contributed by atoms with Gasteiger partial charge in [-0.05, 0) is 56.7 Å². The van der Waals surface area contributed by atoms with Gasteiger partial charge in [0.1, 0.15) is 43.8 Å². The average Bonchev–Trinajstić information content (AvgIpc) is 3.17. The van der Waals surface area contributed by atoms with Crippen LogP contribution in [0.25, 0.3) is 0 Å². The molecule has 14 heteroatoms. The van der Waals surface area contributed by atoms with Crippen molar-refractivity contribution in [1.29, 1.82) is 0 Å². The SMILES string of the molecule is CC(C)(C)OC(=O)NC(CCC(=O)NC(C=O)CCC(=O)OCc1ccccc1)C(=O)NC(CCC(=O)OCc1ccccc1)C(=O)OCc1ccccc1. The second kappa shape index (κ2) is 22.9. The van der Waals surface area contributed by atoms with Gasteiger partial charge in [0.2, 0.25) is 11.8 Å². The molecule has 0 saturated carbocycles. The number of amides is 3. The van der Waals surface area contributed by atoms with Crippen molar-refractivity contribution in [3.63, 3.8) is 0 Å². The molecule has 0 bridgehead atoms. The van der Waals surface area contributed by atoms with E-state index in [9.17, 15) is 33.6 Å². The minimum atomic E-state index is -1.39. The molecule has 14 nitrogen and oxygen atoms in total. The molecular formula is C41H49N3O11. The lowest BCUT2D eigenvalue weighted by Crippen LogP contribution is -2.53. The Balaban J connectivity index is 1.64. The molecule has 3 N–H and O–H groups in total. The molecule has 3 unspecified atom stereocenters. The Hall–Kier alpha value is -6.05. The number of hydrogen-bond acceptors (Lipinski definition) is 11. The number of ether oxygens (including phenoxy) is 4. The first kappa shape index (κ1) is 43.4. The summed E-state index contributed by atoms with van der Waals surface area (Å²) < 4.78 is 21.3. The molecule has 0 saturated heterocycles. The molecule has 0 radical (unpaired) electrons. The van der Waals surface area contributed by atoms with Crippen molar-refractivity contribution in [1.82, 2.24) is 16.0 Å². The van der Waals surface area contributed by atoms with Crippen LogP contribution in [-0.2, 0) is 67.5 Å². The van der Waals surface area contributed by atoms with Crippen LogP contribution in [0.15, 0.2) is 91.0 Å². The largest absolute Gasteiger partial charge is 0.461 e. The van der Waals surface area contributed by atoms with E-state index in [0.717, 1.165) is 11.1 Å². The second-order valence-electron chi connectivity index (χ2n) is 13.6. The number of carbonyl (C=O) groups is 7. The van der Waals surface area contributed by atoms with Crippen LogP contribution in [0.4, 0.5) is 4.79 Å². The van der Waals surface area contributed by atoms with Crippen LogP contribution in [-0.4, -0.2) is 65.8 Å². The molecule has 3 rings (SSSR count). The van der Waals surface area contributed by atoms with Gasteiger partial charge in [0, 0.05) is 19.3 Å². The number of carbonyl (C=O) groups excluding carboxylic acids is 7. The third-order valence-electron chi connectivity index (χ3n) is 7.79. The van der Waals surface area contributed by atoms with Crippen LogP contribution in [0.5, 0.6) is 0 Å². The monoisotopic (exact) mass is 759 g/mol. The molecule has 3 aromatic carbocycles. The van der Waals surface area contributed by atoms with E-state index in [0.29, 0.717) is 11.8 Å². The van der Waals surface area contributed by atoms with E-state index in [1.807, 2.05) is 24.3 Å². The van der Waals surface area contributed by atoms with Crippen LogP contribution in [0.2, 0.25) is 0 Å². The Morgan fingerprint density at radius 3 is 1.51 bits per heavy atom. The third kappa shape index (κ3) is 18.0. The fourth-order valence-electron chi connectivity index (χ4n) is 4.95. The fraction of sp³-hybridized carbons (Fsp3) is 0.390. The number of hydrogen-bond donors (Lipinski definition) is 3. The van der Waals surface area contributed by atoms with Crippen molar-refractivity contribution in [2.45, 2.75) is 103 Å². The van der Waals surface area contributed by atoms with Gasteiger partial charge in [-0.2, -0.15) is 0 Å². The molecule has 0 aliphatic rings. The van der Waals surface area contributed by atoms with Gasteiger partial charge in [0.15, 0.2) is 0 Å². The zero-order valence-electron chi connectivity index (χ0n) is 31.3. The van der Waals surface area contributed by atoms with E-state index in [4.69, 9.17) is 18.9 Å². The normalized spacial score (nSPS) is 12.5. The second-order valence-corrected chi connectivity index (χ2v) is 13.6. The van der Waals surface area contributed by atoms with Crippen molar-refractivity contribution >= 4 is 42.1 Å². The highest BCUT2D eigenvalue weighted by Gasteiger charge is 2.30. The number of alkyl carbamates (subject to hydrolysis) is 1. The summed E-state index contributed by atoms with van der Waals surface area (Å²) in [6.45, 7) is 4.86. The molecule has 3 amide bonds. The van der Waals surface area contributed by atoms with Gasteiger partial charge in [-0.3, -0.25) is 19.2 Å². The quantitative estimate of drug-likeness (QED) is 0.0780. The maximum atomic E-state index is 13.7. The van der Waals surface area contributed by atoms with Gasteiger partial charge < -0.3 is 39.7 Å². The Morgan fingerprint density at radius 1 is 0.582 bits per heavy atom. The summed E-state index contributed by atoms with van der Waals surface area (Å²) in [6.07, 6.45) is -1.69. The van der Waals surface area contributed by atoms with E-state index < -0.39 is 59.5 Å². The van der Waals surface area contributed by atoms with Gasteiger partial charge in [-0.15, -0.1) is 0 Å². The van der Waals surface area contributed by atoms with Crippen LogP contribution in [0.3, 0.4) is 0 Å². The van der Waals surface area contributed by atoms with Crippen molar-refractivity contribution in [3.8, 4) is 0 Å². The van der Waals surface area contributed by atoms with Crippen molar-refractivity contribution in [2.24, 2.45) is 0 Å². The van der Waals surface area contributed by atoms with Gasteiger partial charge in [-0.1, -0.05) is 91.0 Å². The molecule has 0 aliphatic heterocycles. The molecule has 0 heterocycles. The van der Waals surface area contributed by atoms with E-state index in [1.54, 1.807) is 87.5 Å². The van der Waals surface area contributed by atoms with E-state index in [1.165, 1.54) is 0 Å². The number of aldehydes is 1. The van der Waals surface area contributed by atoms with Crippen molar-refractivity contribution < 1.29 is 52.5 Å². The van der Waals surface area contributed by atoms with Gasteiger partial charge in [-0.25, -0.2) is 9.59 Å². The Kier molecular flexibility index (Phi) is 18.0. The van der Waals surface area contributed by atoms with Crippen molar-refractivity contribution in [3.05, 3.63) is 108 Å². The predicted molar refractivity (Wildman–Crippen MR) is 199 cm³/mol. The highest BCUT2D eigenvalue weighted by atomic mass is 16.6.